The highest BCUT2D eigenvalue weighted by Crippen LogP contribution is 2.52. The minimum absolute atomic E-state index is 0.0331. The minimum Gasteiger partial charge on any atom is -0.410 e. The summed E-state index contributed by atoms with van der Waals surface area (Å²) in [6.07, 6.45) is 7.16. The van der Waals surface area contributed by atoms with Crippen LogP contribution in [0.5, 0.6) is 0 Å². The predicted molar refractivity (Wildman–Crippen MR) is 163 cm³/mol. The summed E-state index contributed by atoms with van der Waals surface area (Å²) < 4.78 is 35.2. The third-order valence-corrected chi connectivity index (χ3v) is 13.8. The van der Waals surface area contributed by atoms with Crippen LogP contribution in [0.15, 0.2) is 36.4 Å². The number of hydrogen-bond acceptors (Lipinski definition) is 3. The Morgan fingerprint density at radius 1 is 1.05 bits per heavy atom. The van der Waals surface area contributed by atoms with Gasteiger partial charge in [-0.15, -0.1) is 0 Å². The Kier molecular flexibility index (Phi) is 8.34. The van der Waals surface area contributed by atoms with Gasteiger partial charge in [-0.3, -0.25) is 4.98 Å². The molecule has 6 heteroatoms. The molecule has 2 aliphatic carbocycles. The molecule has 0 bridgehead atoms. The summed E-state index contributed by atoms with van der Waals surface area (Å²) in [4.78, 5) is 5.32. The van der Waals surface area contributed by atoms with Crippen LogP contribution < -0.4 is 0 Å². The molecule has 1 N–H and O–H groups in total. The number of nitrogens with zero attached hydrogens (tertiary/aromatic N) is 1. The molecule has 0 spiro atoms. The van der Waals surface area contributed by atoms with Crippen LogP contribution in [0.3, 0.4) is 0 Å². The van der Waals surface area contributed by atoms with Gasteiger partial charge in [0.25, 0.3) is 5.92 Å². The second-order valence-corrected chi connectivity index (χ2v) is 19.5. The van der Waals surface area contributed by atoms with Crippen LogP contribution in [0.1, 0.15) is 138 Å². The van der Waals surface area contributed by atoms with Crippen molar-refractivity contribution in [2.24, 2.45) is 5.41 Å². The molecule has 0 radical (unpaired) electrons. The molecule has 0 saturated heterocycles. The van der Waals surface area contributed by atoms with E-state index in [1.165, 1.54) is 12.1 Å². The van der Waals surface area contributed by atoms with Crippen LogP contribution in [0, 0.1) is 5.41 Å². The molecule has 3 nitrogen and oxygen atoms in total. The first-order valence-corrected chi connectivity index (χ1v) is 17.8. The molecule has 1 aromatic heterocycles. The Morgan fingerprint density at radius 3 is 2.17 bits per heavy atom. The largest absolute Gasteiger partial charge is 0.410 e. The summed E-state index contributed by atoms with van der Waals surface area (Å²) in [5.41, 5.74) is 5.73. The van der Waals surface area contributed by atoms with E-state index in [1.54, 1.807) is 12.1 Å². The molecule has 0 saturated carbocycles. The summed E-state index contributed by atoms with van der Waals surface area (Å²) in [6, 6.07) is 6.14. The maximum absolute atomic E-state index is 14.0. The topological polar surface area (TPSA) is 42.4 Å². The third-order valence-electron chi connectivity index (χ3n) is 9.31. The Hall–Kier alpha value is -1.89. The standard InChI is InChI=1S/C34H49F2NO2Si/c1-21(2)30-29(31(38)23-15-17-24(18-16-23)34(8,35)36)27(22-13-11-12-14-22)28-25(37-30)19-33(6,7)20-26(28)39-40(9,10)32(3,4)5/h11,13,15-18,21-22,26,31,38H,12,14,19-20H2,1-10H3/t22?,26?,31-/m1/s1. The van der Waals surface area contributed by atoms with E-state index >= 15 is 0 Å². The lowest BCUT2D eigenvalue weighted by Crippen LogP contribution is -2.44. The zero-order valence-electron chi connectivity index (χ0n) is 26.2. The van der Waals surface area contributed by atoms with Gasteiger partial charge in [0, 0.05) is 40.9 Å². The first-order chi connectivity index (χ1) is 18.3. The van der Waals surface area contributed by atoms with Crippen molar-refractivity contribution in [2.45, 2.75) is 129 Å². The number of pyridine rings is 1. The first kappa shape index (κ1) is 31.1. The number of benzene rings is 1. The van der Waals surface area contributed by atoms with Gasteiger partial charge < -0.3 is 9.53 Å². The van der Waals surface area contributed by atoms with Crippen molar-refractivity contribution in [1.29, 1.82) is 0 Å². The van der Waals surface area contributed by atoms with E-state index in [-0.39, 0.29) is 34.0 Å². The number of aromatic nitrogens is 1. The van der Waals surface area contributed by atoms with Crippen LogP contribution in [0.4, 0.5) is 8.78 Å². The van der Waals surface area contributed by atoms with Gasteiger partial charge in [0.1, 0.15) is 6.10 Å². The molecule has 0 aliphatic heterocycles. The van der Waals surface area contributed by atoms with Crippen molar-refractivity contribution in [3.05, 3.63) is 75.6 Å². The van der Waals surface area contributed by atoms with E-state index in [0.29, 0.717) is 5.56 Å². The fourth-order valence-corrected chi connectivity index (χ4v) is 7.35. The molecule has 0 fully saturated rings. The Morgan fingerprint density at radius 2 is 1.68 bits per heavy atom. The summed E-state index contributed by atoms with van der Waals surface area (Å²) in [5, 5.41) is 12.1. The first-order valence-electron chi connectivity index (χ1n) is 14.9. The van der Waals surface area contributed by atoms with Gasteiger partial charge in [-0.05, 0) is 66.3 Å². The highest BCUT2D eigenvalue weighted by molar-refractivity contribution is 6.74. The third kappa shape index (κ3) is 6.14. The number of alkyl halides is 2. The maximum Gasteiger partial charge on any atom is 0.270 e. The van der Waals surface area contributed by atoms with Crippen molar-refractivity contribution < 1.29 is 18.3 Å². The number of fused-ring (bicyclic) bond motifs is 1. The molecule has 220 valence electrons. The SMILES string of the molecule is CC(C)c1nc2c(c(C3C=CCC3)c1[C@H](O)c1ccc(C(C)(F)F)cc1)C(O[Si](C)(C)C(C)(C)C)CC(C)(C)C2. The van der Waals surface area contributed by atoms with Crippen molar-refractivity contribution >= 4 is 8.32 Å². The van der Waals surface area contributed by atoms with Gasteiger partial charge in [0.2, 0.25) is 0 Å². The van der Waals surface area contributed by atoms with Gasteiger partial charge in [-0.25, -0.2) is 8.78 Å². The number of aliphatic hydroxyl groups excluding tert-OH is 1. The molecule has 0 amide bonds. The van der Waals surface area contributed by atoms with Crippen LogP contribution in [0.25, 0.3) is 0 Å². The zero-order chi connectivity index (χ0) is 29.8. The molecule has 40 heavy (non-hydrogen) atoms. The van der Waals surface area contributed by atoms with Gasteiger partial charge in [-0.2, -0.15) is 0 Å². The highest BCUT2D eigenvalue weighted by atomic mass is 28.4. The Labute approximate surface area is 241 Å². The number of hydrogen-bond donors (Lipinski definition) is 1. The molecule has 1 heterocycles. The van der Waals surface area contributed by atoms with Gasteiger partial charge in [0.05, 0.1) is 6.10 Å². The summed E-state index contributed by atoms with van der Waals surface area (Å²) in [7, 11) is -2.13. The van der Waals surface area contributed by atoms with Crippen molar-refractivity contribution in [2.75, 3.05) is 0 Å². The molecule has 4 rings (SSSR count). The Balaban J connectivity index is 1.98. The molecule has 3 atom stereocenters. The van der Waals surface area contributed by atoms with Crippen LogP contribution in [-0.4, -0.2) is 18.4 Å². The quantitative estimate of drug-likeness (QED) is 0.266. The summed E-state index contributed by atoms with van der Waals surface area (Å²) >= 11 is 0. The lowest BCUT2D eigenvalue weighted by Gasteiger charge is -2.45. The fraction of sp³-hybridized carbons (Fsp3) is 0.618. The van der Waals surface area contributed by atoms with E-state index in [1.807, 2.05) is 0 Å². The fourth-order valence-electron chi connectivity index (χ4n) is 6.09. The van der Waals surface area contributed by atoms with E-state index < -0.39 is 20.3 Å². The van der Waals surface area contributed by atoms with Crippen molar-refractivity contribution in [3.8, 4) is 0 Å². The zero-order valence-corrected chi connectivity index (χ0v) is 27.2. The lowest BCUT2D eigenvalue weighted by atomic mass is 9.70. The number of aliphatic hydroxyl groups is 1. The smallest absolute Gasteiger partial charge is 0.270 e. The van der Waals surface area contributed by atoms with Crippen LogP contribution in [0.2, 0.25) is 18.1 Å². The van der Waals surface area contributed by atoms with Gasteiger partial charge >= 0.3 is 0 Å². The number of rotatable bonds is 7. The van der Waals surface area contributed by atoms with Crippen LogP contribution in [-0.2, 0) is 16.8 Å². The number of halogens is 2. The van der Waals surface area contributed by atoms with Crippen LogP contribution >= 0.6 is 0 Å². The Bertz CT molecular complexity index is 1250. The van der Waals surface area contributed by atoms with E-state index in [9.17, 15) is 13.9 Å². The molecular weight excluding hydrogens is 520 g/mol. The van der Waals surface area contributed by atoms with Crippen molar-refractivity contribution in [1.82, 2.24) is 4.98 Å². The average Bonchev–Trinajstić information content (AvgIpc) is 3.35. The molecule has 2 aromatic rings. The highest BCUT2D eigenvalue weighted by Gasteiger charge is 2.45. The van der Waals surface area contributed by atoms with E-state index in [4.69, 9.17) is 9.41 Å². The van der Waals surface area contributed by atoms with Gasteiger partial charge in [0.15, 0.2) is 8.32 Å². The van der Waals surface area contributed by atoms with Crippen molar-refractivity contribution in [3.63, 3.8) is 0 Å². The van der Waals surface area contributed by atoms with E-state index in [2.05, 4.69) is 73.7 Å². The molecule has 2 aliphatic rings. The monoisotopic (exact) mass is 569 g/mol. The second-order valence-electron chi connectivity index (χ2n) is 14.8. The molecule has 1 aromatic carbocycles. The predicted octanol–water partition coefficient (Wildman–Crippen LogP) is 9.87. The van der Waals surface area contributed by atoms with E-state index in [0.717, 1.165) is 60.7 Å². The lowest BCUT2D eigenvalue weighted by molar-refractivity contribution is 0.0174. The second kappa shape index (κ2) is 10.7. The minimum atomic E-state index is -2.93. The normalized spacial score (nSPS) is 22.1. The summed E-state index contributed by atoms with van der Waals surface area (Å²) in [6.45, 7) is 21.2. The number of allylic oxidation sites excluding steroid dienone is 2. The molecule has 2 unspecified atom stereocenters. The summed E-state index contributed by atoms with van der Waals surface area (Å²) in [5.74, 6) is -2.69. The average molecular weight is 570 g/mol. The molecular formula is C34H49F2NO2Si. The van der Waals surface area contributed by atoms with Gasteiger partial charge in [-0.1, -0.05) is 84.9 Å². The maximum atomic E-state index is 14.0.